The Morgan fingerprint density at radius 3 is 2.82 bits per heavy atom. The lowest BCUT2D eigenvalue weighted by Gasteiger charge is -2.33. The number of pyridine rings is 1. The molecular formula is C26H28FN3O3. The second kappa shape index (κ2) is 9.67. The maximum atomic E-state index is 13.5. The SMILES string of the molecule is CC(C)(NC(=O)c1cccc(F)c1)C(=O)N1CCOC[C@H](Cc2cccc3ncccc23)C1. The third-order valence-electron chi connectivity index (χ3n) is 5.92. The van der Waals surface area contributed by atoms with Crippen LogP contribution in [0.2, 0.25) is 0 Å². The number of hydrogen-bond donors (Lipinski definition) is 1. The van der Waals surface area contributed by atoms with Gasteiger partial charge in [-0.05, 0) is 56.2 Å². The van der Waals surface area contributed by atoms with Crippen molar-refractivity contribution in [2.24, 2.45) is 5.92 Å². The summed E-state index contributed by atoms with van der Waals surface area (Å²) in [5.74, 6) is -1.07. The Bertz CT molecular complexity index is 1160. The molecule has 1 saturated heterocycles. The van der Waals surface area contributed by atoms with E-state index in [-0.39, 0.29) is 17.4 Å². The van der Waals surface area contributed by atoms with Gasteiger partial charge in [0, 0.05) is 36.2 Å². The van der Waals surface area contributed by atoms with E-state index in [1.165, 1.54) is 23.8 Å². The van der Waals surface area contributed by atoms with Gasteiger partial charge in [-0.2, -0.15) is 0 Å². The minimum Gasteiger partial charge on any atom is -0.379 e. The van der Waals surface area contributed by atoms with Crippen LogP contribution in [0.25, 0.3) is 10.9 Å². The largest absolute Gasteiger partial charge is 0.379 e. The minimum atomic E-state index is -1.15. The molecule has 0 saturated carbocycles. The summed E-state index contributed by atoms with van der Waals surface area (Å²) >= 11 is 0. The molecule has 1 aliphatic rings. The maximum absolute atomic E-state index is 13.5. The molecule has 33 heavy (non-hydrogen) atoms. The number of nitrogens with one attached hydrogen (secondary N) is 1. The van der Waals surface area contributed by atoms with Gasteiger partial charge in [-0.3, -0.25) is 14.6 Å². The summed E-state index contributed by atoms with van der Waals surface area (Å²) in [4.78, 5) is 32.2. The van der Waals surface area contributed by atoms with E-state index in [0.29, 0.717) is 26.3 Å². The summed E-state index contributed by atoms with van der Waals surface area (Å²) in [5, 5.41) is 3.86. The Kier molecular flexibility index (Phi) is 6.70. The highest BCUT2D eigenvalue weighted by Crippen LogP contribution is 2.22. The second-order valence-corrected chi connectivity index (χ2v) is 8.97. The molecule has 1 aliphatic heterocycles. The van der Waals surface area contributed by atoms with Crippen LogP contribution in [0.5, 0.6) is 0 Å². The van der Waals surface area contributed by atoms with Crippen molar-refractivity contribution in [1.29, 1.82) is 0 Å². The van der Waals surface area contributed by atoms with Crippen molar-refractivity contribution in [3.63, 3.8) is 0 Å². The molecule has 2 heterocycles. The van der Waals surface area contributed by atoms with E-state index < -0.39 is 17.3 Å². The van der Waals surface area contributed by atoms with Gasteiger partial charge in [0.25, 0.3) is 5.91 Å². The standard InChI is InChI=1S/C26H28FN3O3/c1-26(2,29-24(31)20-7-3-8-21(27)15-20)25(32)30-12-13-33-17-18(16-30)14-19-6-4-10-23-22(19)9-5-11-28-23/h3-11,15,18H,12-14,16-17H2,1-2H3,(H,29,31)/t18-/m1/s1. The molecular weight excluding hydrogens is 421 g/mol. The number of nitrogens with zero attached hydrogens (tertiary/aromatic N) is 2. The molecule has 6 nitrogen and oxygen atoms in total. The van der Waals surface area contributed by atoms with Gasteiger partial charge in [0.05, 0.1) is 18.7 Å². The van der Waals surface area contributed by atoms with Crippen molar-refractivity contribution < 1.29 is 18.7 Å². The highest BCUT2D eigenvalue weighted by molar-refractivity contribution is 5.99. The zero-order valence-electron chi connectivity index (χ0n) is 18.9. The molecule has 0 radical (unpaired) electrons. The maximum Gasteiger partial charge on any atom is 0.252 e. The summed E-state index contributed by atoms with van der Waals surface area (Å²) in [5.41, 5.74) is 1.14. The molecule has 1 fully saturated rings. The average Bonchev–Trinajstić information content (AvgIpc) is 3.04. The predicted molar refractivity (Wildman–Crippen MR) is 124 cm³/mol. The monoisotopic (exact) mass is 449 g/mol. The number of hydrogen-bond acceptors (Lipinski definition) is 4. The van der Waals surface area contributed by atoms with Crippen LogP contribution < -0.4 is 5.32 Å². The molecule has 1 atom stereocenters. The highest BCUT2D eigenvalue weighted by Gasteiger charge is 2.35. The lowest BCUT2D eigenvalue weighted by Crippen LogP contribution is -2.57. The van der Waals surface area contributed by atoms with Crippen LogP contribution in [-0.4, -0.2) is 53.5 Å². The Balaban J connectivity index is 1.47. The molecule has 1 aromatic heterocycles. The molecule has 7 heteroatoms. The van der Waals surface area contributed by atoms with Gasteiger partial charge in [-0.25, -0.2) is 4.39 Å². The third-order valence-corrected chi connectivity index (χ3v) is 5.92. The van der Waals surface area contributed by atoms with Crippen LogP contribution in [0.4, 0.5) is 4.39 Å². The average molecular weight is 450 g/mol. The molecule has 1 N–H and O–H groups in total. The summed E-state index contributed by atoms with van der Waals surface area (Å²) in [6.45, 7) is 5.30. The van der Waals surface area contributed by atoms with E-state index in [2.05, 4.69) is 22.4 Å². The Morgan fingerprint density at radius 1 is 1.18 bits per heavy atom. The third kappa shape index (κ3) is 5.37. The lowest BCUT2D eigenvalue weighted by molar-refractivity contribution is -0.137. The van der Waals surface area contributed by atoms with Crippen LogP contribution in [-0.2, 0) is 16.0 Å². The van der Waals surface area contributed by atoms with E-state index in [1.807, 2.05) is 18.2 Å². The van der Waals surface area contributed by atoms with Crippen LogP contribution in [0, 0.1) is 11.7 Å². The fourth-order valence-electron chi connectivity index (χ4n) is 4.28. The van der Waals surface area contributed by atoms with E-state index in [0.717, 1.165) is 23.4 Å². The van der Waals surface area contributed by atoms with E-state index >= 15 is 0 Å². The van der Waals surface area contributed by atoms with E-state index in [4.69, 9.17) is 4.74 Å². The van der Waals surface area contributed by atoms with Gasteiger partial charge >= 0.3 is 0 Å². The van der Waals surface area contributed by atoms with Crippen molar-refractivity contribution >= 4 is 22.7 Å². The Hall–Kier alpha value is -3.32. The Labute approximate surface area is 192 Å². The summed E-state index contributed by atoms with van der Waals surface area (Å²) < 4.78 is 19.3. The number of fused-ring (bicyclic) bond motifs is 1. The van der Waals surface area contributed by atoms with Gasteiger partial charge < -0.3 is 15.0 Å². The van der Waals surface area contributed by atoms with Gasteiger partial charge in [-0.15, -0.1) is 0 Å². The van der Waals surface area contributed by atoms with Crippen LogP contribution in [0.15, 0.2) is 60.8 Å². The topological polar surface area (TPSA) is 71.5 Å². The van der Waals surface area contributed by atoms with Crippen LogP contribution >= 0.6 is 0 Å². The number of rotatable bonds is 5. The van der Waals surface area contributed by atoms with E-state index in [1.54, 1.807) is 24.9 Å². The van der Waals surface area contributed by atoms with Gasteiger partial charge in [-0.1, -0.05) is 24.3 Å². The molecule has 0 aliphatic carbocycles. The molecule has 172 valence electrons. The van der Waals surface area contributed by atoms with Crippen LogP contribution in [0.1, 0.15) is 29.8 Å². The predicted octanol–water partition coefficient (Wildman–Crippen LogP) is 3.60. The number of ether oxygens (including phenoxy) is 1. The summed E-state index contributed by atoms with van der Waals surface area (Å²) in [6.07, 6.45) is 2.53. The van der Waals surface area contributed by atoms with Crippen molar-refractivity contribution in [2.75, 3.05) is 26.3 Å². The van der Waals surface area contributed by atoms with Gasteiger partial charge in [0.1, 0.15) is 11.4 Å². The number of benzene rings is 2. The highest BCUT2D eigenvalue weighted by atomic mass is 19.1. The fraction of sp³-hybridized carbons (Fsp3) is 0.346. The normalized spacial score (nSPS) is 16.9. The van der Waals surface area contributed by atoms with Gasteiger partial charge in [0.2, 0.25) is 5.91 Å². The fourth-order valence-corrected chi connectivity index (χ4v) is 4.28. The smallest absolute Gasteiger partial charge is 0.252 e. The quantitative estimate of drug-likeness (QED) is 0.646. The number of aromatic nitrogens is 1. The summed E-state index contributed by atoms with van der Waals surface area (Å²) in [6, 6.07) is 15.5. The molecule has 2 aromatic carbocycles. The first-order chi connectivity index (χ1) is 15.8. The first-order valence-electron chi connectivity index (χ1n) is 11.1. The number of halogens is 1. The lowest BCUT2D eigenvalue weighted by atomic mass is 9.95. The van der Waals surface area contributed by atoms with Gasteiger partial charge in [0.15, 0.2) is 0 Å². The molecule has 0 bridgehead atoms. The molecule has 4 rings (SSSR count). The van der Waals surface area contributed by atoms with Crippen molar-refractivity contribution in [2.45, 2.75) is 25.8 Å². The number of carbonyl (C=O) groups is 2. The number of amides is 2. The van der Waals surface area contributed by atoms with Crippen molar-refractivity contribution in [3.05, 3.63) is 77.7 Å². The van der Waals surface area contributed by atoms with Crippen molar-refractivity contribution in [1.82, 2.24) is 15.2 Å². The zero-order valence-corrected chi connectivity index (χ0v) is 18.9. The Morgan fingerprint density at radius 2 is 2.00 bits per heavy atom. The minimum absolute atomic E-state index is 0.108. The molecule has 2 amide bonds. The number of carbonyl (C=O) groups excluding carboxylic acids is 2. The molecule has 3 aromatic rings. The first-order valence-corrected chi connectivity index (χ1v) is 11.1. The zero-order chi connectivity index (χ0) is 23.4. The molecule has 0 unspecified atom stereocenters. The second-order valence-electron chi connectivity index (χ2n) is 8.97. The summed E-state index contributed by atoms with van der Waals surface area (Å²) in [7, 11) is 0. The van der Waals surface area contributed by atoms with Crippen molar-refractivity contribution in [3.8, 4) is 0 Å². The van der Waals surface area contributed by atoms with E-state index in [9.17, 15) is 14.0 Å². The molecule has 0 spiro atoms. The first kappa shape index (κ1) is 22.9. The van der Waals surface area contributed by atoms with Crippen LogP contribution in [0.3, 0.4) is 0 Å².